The Morgan fingerprint density at radius 1 is 1.11 bits per heavy atom. The van der Waals surface area contributed by atoms with Crippen molar-refractivity contribution >= 4 is 42.7 Å². The summed E-state index contributed by atoms with van der Waals surface area (Å²) in [7, 11) is -3.25. The minimum absolute atomic E-state index is 0.259. The van der Waals surface area contributed by atoms with Gasteiger partial charge in [-0.25, -0.2) is 8.42 Å². The van der Waals surface area contributed by atoms with E-state index in [9.17, 15) is 18.3 Å². The van der Waals surface area contributed by atoms with Crippen molar-refractivity contribution in [2.45, 2.75) is 4.90 Å². The molecule has 0 radical (unpaired) electrons. The number of hydrogen-bond donors (Lipinski definition) is 2. The SMILES string of the molecule is CS(=O)(=O)c1ccc(-c2ccc(-c3csc4[nH]c(=O)c(C#N)c(O)c34)s2)cc1. The first kappa shape index (κ1) is 18.4. The Labute approximate surface area is 167 Å². The topological polar surface area (TPSA) is 111 Å². The minimum Gasteiger partial charge on any atom is -0.506 e. The number of nitriles is 1. The Morgan fingerprint density at radius 2 is 1.79 bits per heavy atom. The van der Waals surface area contributed by atoms with Crippen molar-refractivity contribution in [3.63, 3.8) is 0 Å². The van der Waals surface area contributed by atoms with Crippen LogP contribution in [0.2, 0.25) is 0 Å². The molecule has 4 aromatic rings. The van der Waals surface area contributed by atoms with E-state index < -0.39 is 15.4 Å². The number of nitrogens with zero attached hydrogens (tertiary/aromatic N) is 1. The van der Waals surface area contributed by atoms with Crippen LogP contribution in [0.3, 0.4) is 0 Å². The number of aromatic hydroxyl groups is 1. The molecular formula is C19H12N2O4S3. The molecule has 2 N–H and O–H groups in total. The molecule has 0 fully saturated rings. The van der Waals surface area contributed by atoms with Crippen molar-refractivity contribution in [3.05, 3.63) is 57.7 Å². The van der Waals surface area contributed by atoms with Gasteiger partial charge in [-0.3, -0.25) is 4.79 Å². The second-order valence-corrected chi connectivity index (χ2v) is 10.1. The van der Waals surface area contributed by atoms with Crippen LogP contribution in [0.25, 0.3) is 31.1 Å². The van der Waals surface area contributed by atoms with E-state index in [2.05, 4.69) is 4.98 Å². The summed E-state index contributed by atoms with van der Waals surface area (Å²) in [5, 5.41) is 21.8. The third-order valence-corrected chi connectivity index (χ3v) is 7.46. The molecule has 140 valence electrons. The molecule has 0 saturated carbocycles. The van der Waals surface area contributed by atoms with Crippen LogP contribution in [0.15, 0.2) is 51.5 Å². The maximum absolute atomic E-state index is 11.8. The number of aromatic amines is 1. The number of fused-ring (bicyclic) bond motifs is 1. The second kappa shape index (κ2) is 6.60. The van der Waals surface area contributed by atoms with Crippen LogP contribution >= 0.6 is 22.7 Å². The summed E-state index contributed by atoms with van der Waals surface area (Å²) >= 11 is 2.75. The lowest BCUT2D eigenvalue weighted by Crippen LogP contribution is -2.09. The van der Waals surface area contributed by atoms with Crippen LogP contribution in [0.4, 0.5) is 0 Å². The van der Waals surface area contributed by atoms with Crippen molar-refractivity contribution in [3.8, 4) is 32.7 Å². The lowest BCUT2D eigenvalue weighted by Gasteiger charge is -2.02. The zero-order chi connectivity index (χ0) is 20.1. The van der Waals surface area contributed by atoms with Crippen molar-refractivity contribution in [2.75, 3.05) is 6.26 Å². The van der Waals surface area contributed by atoms with E-state index in [4.69, 9.17) is 5.26 Å². The standard InChI is InChI=1S/C19H12N2O4S3/c1-28(24,25)11-4-2-10(3-5-11)14-6-7-15(27-14)13-9-26-19-16(13)17(22)12(8-20)18(23)21-19/h2-7,9H,1H3,(H2,21,22,23). The van der Waals surface area contributed by atoms with Gasteiger partial charge in [-0.05, 0) is 29.8 Å². The smallest absolute Gasteiger partial charge is 0.270 e. The molecule has 0 aliphatic rings. The Kier molecular flexibility index (Phi) is 4.34. The van der Waals surface area contributed by atoms with E-state index in [1.54, 1.807) is 30.3 Å². The van der Waals surface area contributed by atoms with E-state index in [1.165, 1.54) is 28.9 Å². The number of nitrogens with one attached hydrogen (secondary N) is 1. The number of rotatable bonds is 3. The fourth-order valence-corrected chi connectivity index (χ4v) is 5.57. The van der Waals surface area contributed by atoms with Crippen molar-refractivity contribution in [1.29, 1.82) is 5.26 Å². The monoisotopic (exact) mass is 428 g/mol. The molecule has 0 unspecified atom stereocenters. The number of benzene rings is 1. The van der Waals surface area contributed by atoms with Crippen LogP contribution in [0.1, 0.15) is 5.56 Å². The normalized spacial score (nSPS) is 11.6. The Balaban J connectivity index is 1.80. The van der Waals surface area contributed by atoms with Gasteiger partial charge in [0.15, 0.2) is 15.4 Å². The van der Waals surface area contributed by atoms with Gasteiger partial charge in [-0.1, -0.05) is 12.1 Å². The van der Waals surface area contributed by atoms with E-state index in [1.807, 2.05) is 17.5 Å². The van der Waals surface area contributed by atoms with Crippen molar-refractivity contribution in [1.82, 2.24) is 4.98 Å². The molecule has 0 bridgehead atoms. The highest BCUT2D eigenvalue weighted by atomic mass is 32.2. The summed E-state index contributed by atoms with van der Waals surface area (Å²) in [4.78, 5) is 17.0. The molecule has 28 heavy (non-hydrogen) atoms. The fourth-order valence-electron chi connectivity index (χ4n) is 2.87. The third-order valence-electron chi connectivity index (χ3n) is 4.27. The highest BCUT2D eigenvalue weighted by Gasteiger charge is 2.18. The molecular weight excluding hydrogens is 416 g/mol. The molecule has 0 spiro atoms. The largest absolute Gasteiger partial charge is 0.506 e. The van der Waals surface area contributed by atoms with Gasteiger partial charge in [0.1, 0.15) is 16.6 Å². The van der Waals surface area contributed by atoms with Gasteiger partial charge in [0.2, 0.25) is 0 Å². The molecule has 0 aliphatic carbocycles. The molecule has 1 aromatic carbocycles. The molecule has 0 atom stereocenters. The Morgan fingerprint density at radius 3 is 2.43 bits per heavy atom. The zero-order valence-electron chi connectivity index (χ0n) is 14.4. The van der Waals surface area contributed by atoms with Crippen LogP contribution < -0.4 is 5.56 Å². The average molecular weight is 429 g/mol. The first-order valence-electron chi connectivity index (χ1n) is 7.97. The number of hydrogen-bond acceptors (Lipinski definition) is 7. The second-order valence-electron chi connectivity index (χ2n) is 6.10. The van der Waals surface area contributed by atoms with Crippen LogP contribution in [-0.4, -0.2) is 24.8 Å². The van der Waals surface area contributed by atoms with E-state index >= 15 is 0 Å². The van der Waals surface area contributed by atoms with Gasteiger partial charge < -0.3 is 10.1 Å². The van der Waals surface area contributed by atoms with Crippen LogP contribution in [0.5, 0.6) is 5.75 Å². The molecule has 4 rings (SSSR count). The Bertz CT molecular complexity index is 1420. The van der Waals surface area contributed by atoms with Gasteiger partial charge in [0.25, 0.3) is 5.56 Å². The van der Waals surface area contributed by atoms with E-state index in [-0.39, 0.29) is 16.2 Å². The highest BCUT2D eigenvalue weighted by molar-refractivity contribution is 7.90. The predicted molar refractivity (Wildman–Crippen MR) is 111 cm³/mol. The minimum atomic E-state index is -3.25. The molecule has 3 heterocycles. The van der Waals surface area contributed by atoms with Crippen LogP contribution in [-0.2, 0) is 9.84 Å². The summed E-state index contributed by atoms with van der Waals surface area (Å²) in [6, 6.07) is 12.2. The van der Waals surface area contributed by atoms with E-state index in [0.717, 1.165) is 20.9 Å². The van der Waals surface area contributed by atoms with Gasteiger partial charge in [0.05, 0.1) is 10.3 Å². The molecule has 3 aromatic heterocycles. The molecule has 0 saturated heterocycles. The van der Waals surface area contributed by atoms with Gasteiger partial charge >= 0.3 is 0 Å². The number of pyridine rings is 1. The summed E-state index contributed by atoms with van der Waals surface area (Å²) in [6.07, 6.45) is 1.17. The van der Waals surface area contributed by atoms with E-state index in [0.29, 0.717) is 10.2 Å². The molecule has 0 aliphatic heterocycles. The average Bonchev–Trinajstić information content (AvgIpc) is 3.28. The maximum Gasteiger partial charge on any atom is 0.270 e. The predicted octanol–water partition coefficient (Wildman–Crippen LogP) is 3.97. The lowest BCUT2D eigenvalue weighted by atomic mass is 10.1. The summed E-state index contributed by atoms with van der Waals surface area (Å²) in [5.41, 5.74) is 0.687. The summed E-state index contributed by atoms with van der Waals surface area (Å²) in [5.74, 6) is -0.315. The highest BCUT2D eigenvalue weighted by Crippen LogP contribution is 2.43. The van der Waals surface area contributed by atoms with Crippen molar-refractivity contribution in [2.24, 2.45) is 0 Å². The molecule has 0 amide bonds. The van der Waals surface area contributed by atoms with Gasteiger partial charge in [0, 0.05) is 27.0 Å². The quantitative estimate of drug-likeness (QED) is 0.513. The Hall–Kier alpha value is -2.93. The molecule has 9 heteroatoms. The number of aromatic nitrogens is 1. The number of sulfone groups is 1. The van der Waals surface area contributed by atoms with Gasteiger partial charge in [-0.15, -0.1) is 22.7 Å². The van der Waals surface area contributed by atoms with Crippen LogP contribution in [0, 0.1) is 11.3 Å². The fraction of sp³-hybridized carbons (Fsp3) is 0.0526. The number of H-pyrrole nitrogens is 1. The third kappa shape index (κ3) is 3.01. The maximum atomic E-state index is 11.8. The number of thiophene rings is 2. The summed E-state index contributed by atoms with van der Waals surface area (Å²) < 4.78 is 23.2. The first-order valence-corrected chi connectivity index (χ1v) is 11.6. The first-order chi connectivity index (χ1) is 13.3. The van der Waals surface area contributed by atoms with Crippen molar-refractivity contribution < 1.29 is 13.5 Å². The molecule has 6 nitrogen and oxygen atoms in total. The zero-order valence-corrected chi connectivity index (χ0v) is 16.8. The summed E-state index contributed by atoms with van der Waals surface area (Å²) in [6.45, 7) is 0. The van der Waals surface area contributed by atoms with Gasteiger partial charge in [-0.2, -0.15) is 5.26 Å². The lowest BCUT2D eigenvalue weighted by molar-refractivity contribution is 0.479.